The molecule has 0 radical (unpaired) electrons. The molecule has 258 valence electrons. The van der Waals surface area contributed by atoms with Crippen molar-refractivity contribution >= 4 is 58.5 Å². The molecule has 0 bridgehead atoms. The van der Waals surface area contributed by atoms with Gasteiger partial charge in [-0.1, -0.05) is 48.2 Å². The average Bonchev–Trinajstić information content (AvgIpc) is 3.52. The second-order valence-corrected chi connectivity index (χ2v) is 14.3. The molecule has 2 atom stereocenters. The summed E-state index contributed by atoms with van der Waals surface area (Å²) < 4.78 is 0. The standard InChI is InChI=1S/C36H44Cl2N4O6/c37-25-20-24(21-26(38)22-25)33(46)41-30(35(48)42-18-16-36(17-19-42)14-3-4-15-36)10-12-31(43)39-29(11-13-32(44)45)34(47)40-28-9-5-7-23-6-1-2-8-27(23)28/h5,7,9,20-22,29-30H,1-4,6,8,10-19H2,(H,39,43)(H,40,47)(H,41,46)(H,44,45)/t29-,30?/m0/s1. The first-order chi connectivity index (χ1) is 23.0. The summed E-state index contributed by atoms with van der Waals surface area (Å²) in [7, 11) is 0. The molecular formula is C36H44Cl2N4O6. The van der Waals surface area contributed by atoms with Gasteiger partial charge in [0.05, 0.1) is 0 Å². The zero-order valence-corrected chi connectivity index (χ0v) is 28.6. The van der Waals surface area contributed by atoms with Gasteiger partial charge in [0.1, 0.15) is 12.1 Å². The van der Waals surface area contributed by atoms with Gasteiger partial charge in [-0.25, -0.2) is 0 Å². The Balaban J connectivity index is 1.26. The van der Waals surface area contributed by atoms with Crippen LogP contribution in [0.2, 0.25) is 10.0 Å². The van der Waals surface area contributed by atoms with Crippen LogP contribution in [0, 0.1) is 5.41 Å². The van der Waals surface area contributed by atoms with E-state index in [1.54, 1.807) is 4.90 Å². The number of rotatable bonds is 12. The molecule has 5 rings (SSSR count). The van der Waals surface area contributed by atoms with Crippen LogP contribution in [0.15, 0.2) is 36.4 Å². The fraction of sp³-hybridized carbons (Fsp3) is 0.528. The Bertz CT molecular complexity index is 1510. The predicted molar refractivity (Wildman–Crippen MR) is 184 cm³/mol. The van der Waals surface area contributed by atoms with Crippen LogP contribution in [-0.4, -0.2) is 64.8 Å². The SMILES string of the molecule is O=C(O)CC[C@H](NC(=O)CCC(NC(=O)c1cc(Cl)cc(Cl)c1)C(=O)N1CCC2(CCCC2)CC1)C(=O)Nc1cccc2c1CCCC2. The summed E-state index contributed by atoms with van der Waals surface area (Å²) in [5.74, 6) is -2.94. The summed E-state index contributed by atoms with van der Waals surface area (Å²) in [5, 5.41) is 18.3. The lowest BCUT2D eigenvalue weighted by Gasteiger charge is -2.40. The van der Waals surface area contributed by atoms with Crippen molar-refractivity contribution in [2.45, 2.75) is 102 Å². The zero-order chi connectivity index (χ0) is 34.3. The minimum absolute atomic E-state index is 0.0220. The molecule has 48 heavy (non-hydrogen) atoms. The molecule has 1 saturated carbocycles. The van der Waals surface area contributed by atoms with Crippen LogP contribution in [0.1, 0.15) is 98.5 Å². The number of halogens is 2. The number of likely N-dealkylation sites (tertiary alicyclic amines) is 1. The number of carbonyl (C=O) groups excluding carboxylic acids is 4. The van der Waals surface area contributed by atoms with Crippen molar-refractivity contribution in [3.8, 4) is 0 Å². The van der Waals surface area contributed by atoms with E-state index in [9.17, 15) is 29.1 Å². The normalized spacial score (nSPS) is 18.0. The topological polar surface area (TPSA) is 145 Å². The van der Waals surface area contributed by atoms with Gasteiger partial charge in [-0.15, -0.1) is 0 Å². The molecule has 1 unspecified atom stereocenters. The molecule has 4 N–H and O–H groups in total. The smallest absolute Gasteiger partial charge is 0.303 e. The third kappa shape index (κ3) is 9.29. The number of benzene rings is 2. The van der Waals surface area contributed by atoms with E-state index in [2.05, 4.69) is 16.0 Å². The van der Waals surface area contributed by atoms with Crippen molar-refractivity contribution in [2.24, 2.45) is 5.41 Å². The number of carbonyl (C=O) groups is 5. The van der Waals surface area contributed by atoms with E-state index in [0.29, 0.717) is 18.8 Å². The van der Waals surface area contributed by atoms with Gasteiger partial charge < -0.3 is 26.0 Å². The van der Waals surface area contributed by atoms with Crippen molar-refractivity contribution in [1.82, 2.24) is 15.5 Å². The van der Waals surface area contributed by atoms with Crippen LogP contribution in [-0.2, 0) is 32.0 Å². The fourth-order valence-corrected chi connectivity index (χ4v) is 7.95. The van der Waals surface area contributed by atoms with Crippen molar-refractivity contribution in [3.63, 3.8) is 0 Å². The fourth-order valence-electron chi connectivity index (χ4n) is 7.43. The summed E-state index contributed by atoms with van der Waals surface area (Å²) in [6, 6.07) is 8.04. The summed E-state index contributed by atoms with van der Waals surface area (Å²) in [5.41, 5.74) is 3.39. The molecule has 2 aliphatic carbocycles. The van der Waals surface area contributed by atoms with Crippen LogP contribution in [0.3, 0.4) is 0 Å². The molecular weight excluding hydrogens is 655 g/mol. The quantitative estimate of drug-likeness (QED) is 0.217. The lowest BCUT2D eigenvalue weighted by molar-refractivity contribution is -0.138. The van der Waals surface area contributed by atoms with E-state index in [-0.39, 0.29) is 52.6 Å². The van der Waals surface area contributed by atoms with Crippen LogP contribution in [0.25, 0.3) is 0 Å². The summed E-state index contributed by atoms with van der Waals surface area (Å²) in [6.45, 7) is 1.17. The van der Waals surface area contributed by atoms with Gasteiger partial charge in [-0.2, -0.15) is 0 Å². The molecule has 4 amide bonds. The number of carboxylic acid groups (broad SMARTS) is 1. The van der Waals surface area contributed by atoms with Gasteiger partial charge in [0.2, 0.25) is 17.7 Å². The molecule has 2 aromatic carbocycles. The van der Waals surface area contributed by atoms with E-state index in [4.69, 9.17) is 23.2 Å². The van der Waals surface area contributed by atoms with Crippen LogP contribution < -0.4 is 16.0 Å². The van der Waals surface area contributed by atoms with Crippen molar-refractivity contribution in [1.29, 1.82) is 0 Å². The van der Waals surface area contributed by atoms with E-state index in [1.165, 1.54) is 49.4 Å². The zero-order valence-electron chi connectivity index (χ0n) is 27.1. The number of piperidine rings is 1. The largest absolute Gasteiger partial charge is 0.481 e. The predicted octanol–water partition coefficient (Wildman–Crippen LogP) is 5.92. The van der Waals surface area contributed by atoms with Gasteiger partial charge >= 0.3 is 5.97 Å². The Morgan fingerprint density at radius 2 is 1.48 bits per heavy atom. The maximum absolute atomic E-state index is 13.8. The second-order valence-electron chi connectivity index (χ2n) is 13.4. The van der Waals surface area contributed by atoms with E-state index >= 15 is 0 Å². The number of hydrogen-bond acceptors (Lipinski definition) is 5. The van der Waals surface area contributed by atoms with E-state index in [1.807, 2.05) is 18.2 Å². The highest BCUT2D eigenvalue weighted by Crippen LogP contribution is 2.46. The summed E-state index contributed by atoms with van der Waals surface area (Å²) in [6.07, 6.45) is 9.82. The third-order valence-electron chi connectivity index (χ3n) is 10.1. The van der Waals surface area contributed by atoms with Crippen LogP contribution in [0.4, 0.5) is 5.69 Å². The van der Waals surface area contributed by atoms with Crippen molar-refractivity contribution < 1.29 is 29.1 Å². The molecule has 10 nitrogen and oxygen atoms in total. The van der Waals surface area contributed by atoms with Gasteiger partial charge in [0, 0.05) is 47.2 Å². The van der Waals surface area contributed by atoms with Crippen molar-refractivity contribution in [2.75, 3.05) is 18.4 Å². The van der Waals surface area contributed by atoms with E-state index < -0.39 is 35.8 Å². The summed E-state index contributed by atoms with van der Waals surface area (Å²) >= 11 is 12.2. The number of carboxylic acids is 1. The lowest BCUT2D eigenvalue weighted by atomic mass is 9.77. The Hall–Kier alpha value is -3.63. The van der Waals surface area contributed by atoms with Gasteiger partial charge in [0.15, 0.2) is 0 Å². The van der Waals surface area contributed by atoms with Gasteiger partial charge in [-0.05, 0) is 105 Å². The van der Waals surface area contributed by atoms with Crippen LogP contribution >= 0.6 is 23.2 Å². The molecule has 1 saturated heterocycles. The highest BCUT2D eigenvalue weighted by atomic mass is 35.5. The highest BCUT2D eigenvalue weighted by molar-refractivity contribution is 6.35. The number of fused-ring (bicyclic) bond motifs is 1. The van der Waals surface area contributed by atoms with E-state index in [0.717, 1.165) is 44.1 Å². The Kier molecular flexibility index (Phi) is 12.0. The number of nitrogens with one attached hydrogen (secondary N) is 3. The second kappa shape index (κ2) is 16.2. The Morgan fingerprint density at radius 1 is 0.812 bits per heavy atom. The van der Waals surface area contributed by atoms with Crippen molar-refractivity contribution in [3.05, 3.63) is 63.1 Å². The van der Waals surface area contributed by atoms with Gasteiger partial charge in [0.25, 0.3) is 5.91 Å². The maximum Gasteiger partial charge on any atom is 0.303 e. The molecule has 3 aliphatic rings. The summed E-state index contributed by atoms with van der Waals surface area (Å²) in [4.78, 5) is 67.0. The number of amides is 4. The number of hydrogen-bond donors (Lipinski definition) is 4. The molecule has 2 fully saturated rings. The monoisotopic (exact) mass is 698 g/mol. The lowest BCUT2D eigenvalue weighted by Crippen LogP contribution is -2.52. The average molecular weight is 700 g/mol. The Labute approximate surface area is 291 Å². The molecule has 0 aromatic heterocycles. The first-order valence-electron chi connectivity index (χ1n) is 17.0. The maximum atomic E-state index is 13.8. The number of anilines is 1. The Morgan fingerprint density at radius 3 is 2.17 bits per heavy atom. The number of nitrogens with zero attached hydrogens (tertiary/aromatic N) is 1. The minimum Gasteiger partial charge on any atom is -0.481 e. The molecule has 1 heterocycles. The molecule has 12 heteroatoms. The molecule has 1 aliphatic heterocycles. The van der Waals surface area contributed by atoms with Crippen LogP contribution in [0.5, 0.6) is 0 Å². The highest BCUT2D eigenvalue weighted by Gasteiger charge is 2.39. The first-order valence-corrected chi connectivity index (χ1v) is 17.8. The number of aliphatic carboxylic acids is 1. The molecule has 1 spiro atoms. The van der Waals surface area contributed by atoms with Gasteiger partial charge in [-0.3, -0.25) is 24.0 Å². The third-order valence-corrected chi connectivity index (χ3v) is 10.6. The number of aryl methyl sites for hydroxylation is 1. The minimum atomic E-state index is -1.10. The molecule has 2 aromatic rings. The first kappa shape index (κ1) is 35.7.